The van der Waals surface area contributed by atoms with Gasteiger partial charge in [-0.1, -0.05) is 74.8 Å². The maximum Gasteiger partial charge on any atom is 0.364 e. The highest BCUT2D eigenvalue weighted by molar-refractivity contribution is 6.31. The van der Waals surface area contributed by atoms with Gasteiger partial charge in [0, 0.05) is 11.4 Å². The maximum absolute atomic E-state index is 12.0. The second kappa shape index (κ2) is 7.30. The quantitative estimate of drug-likeness (QED) is 0.707. The average Bonchev–Trinajstić information content (AvgIpc) is 2.94. The van der Waals surface area contributed by atoms with Gasteiger partial charge in [0.05, 0.1) is 6.21 Å². The predicted molar refractivity (Wildman–Crippen MR) is 105 cm³/mol. The number of hydrogen-bond donors (Lipinski definition) is 1. The van der Waals surface area contributed by atoms with Crippen LogP contribution in [0.5, 0.6) is 0 Å². The number of aromatic amines is 1. The number of hydrogen-bond acceptors (Lipinski definition) is 3. The third-order valence-corrected chi connectivity index (χ3v) is 4.49. The summed E-state index contributed by atoms with van der Waals surface area (Å²) in [6.45, 7) is 6.51. The molecule has 2 aromatic carbocycles. The van der Waals surface area contributed by atoms with Crippen molar-refractivity contribution >= 4 is 17.8 Å². The summed E-state index contributed by atoms with van der Waals surface area (Å²) in [7, 11) is 0. The number of halogens is 1. The normalized spacial score (nSPS) is 12.0. The summed E-state index contributed by atoms with van der Waals surface area (Å²) in [5.74, 6) is 0.505. The SMILES string of the molecule is CC(C)(C)c1ccc(C=Nn2c(Cc3ccccc3Cl)n[nH]c2=O)cc1. The van der Waals surface area contributed by atoms with E-state index in [1.807, 2.05) is 36.4 Å². The van der Waals surface area contributed by atoms with Gasteiger partial charge in [0.15, 0.2) is 5.82 Å². The first-order chi connectivity index (χ1) is 12.3. The molecule has 1 aromatic heterocycles. The summed E-state index contributed by atoms with van der Waals surface area (Å²) in [6.07, 6.45) is 2.07. The Morgan fingerprint density at radius 3 is 2.50 bits per heavy atom. The molecule has 0 saturated carbocycles. The Morgan fingerprint density at radius 1 is 1.15 bits per heavy atom. The van der Waals surface area contributed by atoms with E-state index in [1.54, 1.807) is 6.21 Å². The van der Waals surface area contributed by atoms with Crippen molar-refractivity contribution in [3.05, 3.63) is 86.6 Å². The Kier molecular flexibility index (Phi) is 5.09. The second-order valence-corrected chi connectivity index (χ2v) is 7.55. The minimum Gasteiger partial charge on any atom is -0.244 e. The van der Waals surface area contributed by atoms with Gasteiger partial charge in [-0.05, 0) is 28.2 Å². The smallest absolute Gasteiger partial charge is 0.244 e. The van der Waals surface area contributed by atoms with Gasteiger partial charge in [0.25, 0.3) is 0 Å². The highest BCUT2D eigenvalue weighted by atomic mass is 35.5. The molecule has 0 aliphatic carbocycles. The molecule has 3 aromatic rings. The van der Waals surface area contributed by atoms with E-state index in [1.165, 1.54) is 10.2 Å². The fourth-order valence-electron chi connectivity index (χ4n) is 2.56. The van der Waals surface area contributed by atoms with E-state index in [4.69, 9.17) is 11.6 Å². The molecular formula is C20H21ClN4O. The van der Waals surface area contributed by atoms with Gasteiger partial charge >= 0.3 is 5.69 Å². The molecule has 1 heterocycles. The molecule has 0 bridgehead atoms. The van der Waals surface area contributed by atoms with Gasteiger partial charge in [0.1, 0.15) is 0 Å². The number of aromatic nitrogens is 3. The molecule has 0 radical (unpaired) electrons. The third-order valence-electron chi connectivity index (χ3n) is 4.12. The van der Waals surface area contributed by atoms with Gasteiger partial charge in [-0.15, -0.1) is 0 Å². The van der Waals surface area contributed by atoms with Gasteiger partial charge in [0.2, 0.25) is 0 Å². The van der Waals surface area contributed by atoms with Crippen molar-refractivity contribution in [1.29, 1.82) is 0 Å². The molecule has 134 valence electrons. The van der Waals surface area contributed by atoms with E-state index in [0.29, 0.717) is 17.3 Å². The molecule has 0 saturated heterocycles. The van der Waals surface area contributed by atoms with Crippen LogP contribution in [-0.2, 0) is 11.8 Å². The fourth-order valence-corrected chi connectivity index (χ4v) is 2.77. The molecule has 1 N–H and O–H groups in total. The second-order valence-electron chi connectivity index (χ2n) is 7.14. The lowest BCUT2D eigenvalue weighted by Crippen LogP contribution is -2.15. The van der Waals surface area contributed by atoms with Crippen LogP contribution in [0, 0.1) is 0 Å². The Bertz CT molecular complexity index is 978. The van der Waals surface area contributed by atoms with Crippen LogP contribution in [0.2, 0.25) is 5.02 Å². The molecule has 0 aliphatic rings. The lowest BCUT2D eigenvalue weighted by molar-refractivity contribution is 0.590. The van der Waals surface area contributed by atoms with E-state index in [-0.39, 0.29) is 11.1 Å². The average molecular weight is 369 g/mol. The molecule has 26 heavy (non-hydrogen) atoms. The minimum atomic E-state index is -0.380. The first-order valence-corrected chi connectivity index (χ1v) is 8.77. The summed E-state index contributed by atoms with van der Waals surface area (Å²) in [5.41, 5.74) is 2.76. The Labute approximate surface area is 157 Å². The predicted octanol–water partition coefficient (Wildman–Crippen LogP) is 4.00. The van der Waals surface area contributed by atoms with E-state index in [2.05, 4.69) is 48.2 Å². The zero-order chi connectivity index (χ0) is 18.7. The van der Waals surface area contributed by atoms with Gasteiger partial charge in [-0.3, -0.25) is 0 Å². The van der Waals surface area contributed by atoms with Crippen molar-refractivity contribution in [2.45, 2.75) is 32.6 Å². The molecule has 0 aliphatic heterocycles. The number of H-pyrrole nitrogens is 1. The van der Waals surface area contributed by atoms with E-state index < -0.39 is 0 Å². The highest BCUT2D eigenvalue weighted by Crippen LogP contribution is 2.22. The van der Waals surface area contributed by atoms with Crippen molar-refractivity contribution in [3.63, 3.8) is 0 Å². The van der Waals surface area contributed by atoms with Crippen LogP contribution >= 0.6 is 11.6 Å². The molecule has 6 heteroatoms. The number of benzene rings is 2. The van der Waals surface area contributed by atoms with Crippen molar-refractivity contribution in [2.24, 2.45) is 5.10 Å². The van der Waals surface area contributed by atoms with Crippen LogP contribution in [0.1, 0.15) is 43.3 Å². The molecule has 0 fully saturated rings. The summed E-state index contributed by atoms with van der Waals surface area (Å²) in [5, 5.41) is 11.4. The first kappa shape index (κ1) is 18.1. The van der Waals surface area contributed by atoms with Crippen LogP contribution in [-0.4, -0.2) is 21.1 Å². The van der Waals surface area contributed by atoms with Crippen LogP contribution in [0.15, 0.2) is 58.4 Å². The van der Waals surface area contributed by atoms with Gasteiger partial charge in [-0.25, -0.2) is 9.89 Å². The molecule has 0 atom stereocenters. The lowest BCUT2D eigenvalue weighted by atomic mass is 9.87. The van der Waals surface area contributed by atoms with Crippen LogP contribution in [0.3, 0.4) is 0 Å². The van der Waals surface area contributed by atoms with E-state index >= 15 is 0 Å². The monoisotopic (exact) mass is 368 g/mol. The Hall–Kier alpha value is -2.66. The first-order valence-electron chi connectivity index (χ1n) is 8.39. The van der Waals surface area contributed by atoms with Gasteiger partial charge < -0.3 is 0 Å². The van der Waals surface area contributed by atoms with Crippen molar-refractivity contribution in [3.8, 4) is 0 Å². The lowest BCUT2D eigenvalue weighted by Gasteiger charge is -2.18. The summed E-state index contributed by atoms with van der Waals surface area (Å²) >= 11 is 6.19. The molecular weight excluding hydrogens is 348 g/mol. The zero-order valence-corrected chi connectivity index (χ0v) is 15.8. The van der Waals surface area contributed by atoms with Crippen molar-refractivity contribution < 1.29 is 0 Å². The fraction of sp³-hybridized carbons (Fsp3) is 0.250. The van der Waals surface area contributed by atoms with Gasteiger partial charge in [-0.2, -0.15) is 14.9 Å². The largest absolute Gasteiger partial charge is 0.364 e. The summed E-state index contributed by atoms with van der Waals surface area (Å²) in [4.78, 5) is 12.0. The highest BCUT2D eigenvalue weighted by Gasteiger charge is 2.13. The Balaban J connectivity index is 1.84. The van der Waals surface area contributed by atoms with Crippen LogP contribution in [0.25, 0.3) is 0 Å². The summed E-state index contributed by atoms with van der Waals surface area (Å²) in [6, 6.07) is 15.6. The number of nitrogens with zero attached hydrogens (tertiary/aromatic N) is 3. The standard InChI is InChI=1S/C20H21ClN4O/c1-20(2,3)16-10-8-14(9-11-16)13-22-25-18(23-24-19(25)26)12-15-6-4-5-7-17(15)21/h4-11,13H,12H2,1-3H3,(H,24,26). The molecule has 5 nitrogen and oxygen atoms in total. The van der Waals surface area contributed by atoms with Crippen molar-refractivity contribution in [2.75, 3.05) is 0 Å². The van der Waals surface area contributed by atoms with Crippen LogP contribution in [0.4, 0.5) is 0 Å². The number of rotatable bonds is 4. The number of nitrogens with one attached hydrogen (secondary N) is 1. The molecule has 0 unspecified atom stereocenters. The van der Waals surface area contributed by atoms with Crippen molar-refractivity contribution in [1.82, 2.24) is 14.9 Å². The zero-order valence-electron chi connectivity index (χ0n) is 15.0. The Morgan fingerprint density at radius 2 is 1.85 bits per heavy atom. The van der Waals surface area contributed by atoms with E-state index in [0.717, 1.165) is 11.1 Å². The maximum atomic E-state index is 12.0. The minimum absolute atomic E-state index is 0.0965. The van der Waals surface area contributed by atoms with E-state index in [9.17, 15) is 4.79 Å². The topological polar surface area (TPSA) is 63.0 Å². The summed E-state index contributed by atoms with van der Waals surface area (Å²) < 4.78 is 1.26. The molecule has 0 amide bonds. The molecule has 0 spiro atoms. The van der Waals surface area contributed by atoms with Crippen LogP contribution < -0.4 is 5.69 Å². The molecule has 3 rings (SSSR count). The third kappa shape index (κ3) is 4.11.